The number of aliphatic carboxylic acids is 1. The minimum Gasteiger partial charge on any atom is -0.480 e. The van der Waals surface area contributed by atoms with Gasteiger partial charge in [0.15, 0.2) is 5.78 Å². The maximum Gasteiger partial charge on any atom is 0.320 e. The Labute approximate surface area is 111 Å². The van der Waals surface area contributed by atoms with E-state index < -0.39 is 27.8 Å². The monoisotopic (exact) mass is 290 g/mol. The maximum atomic E-state index is 11.7. The molecule has 1 atom stereocenters. The van der Waals surface area contributed by atoms with Crippen LogP contribution in [0, 0.1) is 5.92 Å². The highest BCUT2D eigenvalue weighted by Crippen LogP contribution is 2.25. The van der Waals surface area contributed by atoms with Gasteiger partial charge >= 0.3 is 5.97 Å². The molecule has 0 radical (unpaired) electrons. The fourth-order valence-electron chi connectivity index (χ4n) is 1.95. The summed E-state index contributed by atoms with van der Waals surface area (Å²) in [4.78, 5) is 22.1. The molecule has 1 saturated carbocycles. The summed E-state index contributed by atoms with van der Waals surface area (Å²) in [5, 5.41) is 8.51. The van der Waals surface area contributed by atoms with Gasteiger partial charge in [0.05, 0.1) is 0 Å². The van der Waals surface area contributed by atoms with Gasteiger partial charge < -0.3 is 10.8 Å². The zero-order chi connectivity index (χ0) is 14.5. The van der Waals surface area contributed by atoms with Crippen molar-refractivity contribution in [1.29, 1.82) is 0 Å². The van der Waals surface area contributed by atoms with Gasteiger partial charge in [0.25, 0.3) is 10.0 Å². The zero-order valence-electron chi connectivity index (χ0n) is 10.5. The standard InChI is InChI=1S/C11H18N2O5S/c12-9(11(15)16)5-6-13-19(17,18)7-10(14)8-3-1-2-4-8/h6,8-9H,1-5,7,12H2,(H,15,16)/t9-/m0/s1. The number of Topliss-reactive ketones (excluding diaryl/α,β-unsaturated/α-hetero) is 1. The highest BCUT2D eigenvalue weighted by molar-refractivity contribution is 7.90. The molecule has 19 heavy (non-hydrogen) atoms. The summed E-state index contributed by atoms with van der Waals surface area (Å²) >= 11 is 0. The van der Waals surface area contributed by atoms with Gasteiger partial charge in [-0.25, -0.2) is 8.42 Å². The van der Waals surface area contributed by atoms with Gasteiger partial charge in [-0.2, -0.15) is 4.40 Å². The number of ketones is 1. The second kappa shape index (κ2) is 6.76. The third kappa shape index (κ3) is 5.48. The predicted octanol–water partition coefficient (Wildman–Crippen LogP) is -0.0517. The fraction of sp³-hybridized carbons (Fsp3) is 0.727. The molecule has 0 unspecified atom stereocenters. The third-order valence-electron chi connectivity index (χ3n) is 3.05. The molecule has 1 aliphatic rings. The first-order valence-electron chi connectivity index (χ1n) is 6.09. The molecular formula is C11H18N2O5S. The van der Waals surface area contributed by atoms with Crippen LogP contribution in [0.1, 0.15) is 32.1 Å². The van der Waals surface area contributed by atoms with Crippen LogP contribution in [0.25, 0.3) is 0 Å². The zero-order valence-corrected chi connectivity index (χ0v) is 11.3. The Kier molecular flexibility index (Phi) is 5.61. The molecule has 0 aliphatic heterocycles. The number of carboxylic acids is 1. The predicted molar refractivity (Wildman–Crippen MR) is 69.5 cm³/mol. The van der Waals surface area contributed by atoms with Crippen LogP contribution in [0.5, 0.6) is 0 Å². The van der Waals surface area contributed by atoms with Crippen molar-refractivity contribution in [1.82, 2.24) is 0 Å². The average Bonchev–Trinajstić information content (AvgIpc) is 2.81. The Balaban J connectivity index is 2.49. The summed E-state index contributed by atoms with van der Waals surface area (Å²) in [6.45, 7) is 0. The van der Waals surface area contributed by atoms with Crippen LogP contribution in [0.4, 0.5) is 0 Å². The summed E-state index contributed by atoms with van der Waals surface area (Å²) in [5.74, 6) is -2.33. The van der Waals surface area contributed by atoms with Crippen molar-refractivity contribution in [2.24, 2.45) is 16.0 Å². The smallest absolute Gasteiger partial charge is 0.320 e. The molecule has 0 saturated heterocycles. The first-order chi connectivity index (χ1) is 8.82. The van der Waals surface area contributed by atoms with E-state index in [-0.39, 0.29) is 18.1 Å². The van der Waals surface area contributed by atoms with Gasteiger partial charge in [-0.05, 0) is 12.8 Å². The number of carboxylic acid groups (broad SMARTS) is 1. The molecule has 0 amide bonds. The van der Waals surface area contributed by atoms with E-state index in [2.05, 4.69) is 4.40 Å². The Hall–Kier alpha value is -1.28. The summed E-state index contributed by atoms with van der Waals surface area (Å²) in [7, 11) is -3.87. The third-order valence-corrected chi connectivity index (χ3v) is 4.17. The Bertz CT molecular complexity index is 465. The minimum atomic E-state index is -3.87. The summed E-state index contributed by atoms with van der Waals surface area (Å²) in [5.41, 5.74) is 5.19. The molecule has 0 aromatic rings. The van der Waals surface area contributed by atoms with Crippen molar-refractivity contribution < 1.29 is 23.1 Å². The van der Waals surface area contributed by atoms with Gasteiger partial charge in [0, 0.05) is 18.6 Å². The topological polar surface area (TPSA) is 127 Å². The number of nitrogens with zero attached hydrogens (tertiary/aromatic N) is 1. The van der Waals surface area contributed by atoms with Gasteiger partial charge in [0.1, 0.15) is 11.8 Å². The van der Waals surface area contributed by atoms with E-state index in [4.69, 9.17) is 10.8 Å². The largest absolute Gasteiger partial charge is 0.480 e. The van der Waals surface area contributed by atoms with Crippen molar-refractivity contribution in [2.75, 3.05) is 5.75 Å². The lowest BCUT2D eigenvalue weighted by molar-refractivity contribution is -0.138. The van der Waals surface area contributed by atoms with Crippen LogP contribution >= 0.6 is 0 Å². The van der Waals surface area contributed by atoms with Crippen molar-refractivity contribution in [3.8, 4) is 0 Å². The van der Waals surface area contributed by atoms with Crippen molar-refractivity contribution >= 4 is 28.0 Å². The first-order valence-corrected chi connectivity index (χ1v) is 7.70. The molecule has 1 fully saturated rings. The van der Waals surface area contributed by atoms with Crippen molar-refractivity contribution in [3.05, 3.63) is 0 Å². The van der Waals surface area contributed by atoms with E-state index in [9.17, 15) is 18.0 Å². The Morgan fingerprint density at radius 1 is 1.37 bits per heavy atom. The molecule has 7 nitrogen and oxygen atoms in total. The van der Waals surface area contributed by atoms with Crippen LogP contribution in [0.2, 0.25) is 0 Å². The van der Waals surface area contributed by atoms with E-state index in [0.717, 1.165) is 31.9 Å². The van der Waals surface area contributed by atoms with Crippen LogP contribution in [0.3, 0.4) is 0 Å². The minimum absolute atomic E-state index is 0.175. The highest BCUT2D eigenvalue weighted by Gasteiger charge is 2.26. The number of hydrogen-bond donors (Lipinski definition) is 2. The molecule has 8 heteroatoms. The lowest BCUT2D eigenvalue weighted by Crippen LogP contribution is -2.30. The molecule has 0 spiro atoms. The van der Waals surface area contributed by atoms with E-state index in [1.54, 1.807) is 0 Å². The lowest BCUT2D eigenvalue weighted by atomic mass is 10.0. The Morgan fingerprint density at radius 2 is 1.95 bits per heavy atom. The number of rotatable bonds is 7. The molecule has 1 aliphatic carbocycles. The van der Waals surface area contributed by atoms with E-state index in [1.165, 1.54) is 0 Å². The second-order valence-electron chi connectivity index (χ2n) is 4.64. The number of nitrogens with two attached hydrogens (primary N) is 1. The Morgan fingerprint density at radius 3 is 2.47 bits per heavy atom. The van der Waals surface area contributed by atoms with Crippen LogP contribution < -0.4 is 5.73 Å². The maximum absolute atomic E-state index is 11.7. The summed E-state index contributed by atoms with van der Waals surface area (Å²) < 4.78 is 26.4. The molecule has 108 valence electrons. The van der Waals surface area contributed by atoms with Crippen molar-refractivity contribution in [3.63, 3.8) is 0 Å². The molecule has 0 heterocycles. The van der Waals surface area contributed by atoms with Gasteiger partial charge in [-0.15, -0.1) is 0 Å². The molecule has 0 aromatic carbocycles. The van der Waals surface area contributed by atoms with Gasteiger partial charge in [-0.3, -0.25) is 9.59 Å². The fourth-order valence-corrected chi connectivity index (χ4v) is 2.94. The second-order valence-corrected chi connectivity index (χ2v) is 6.31. The lowest BCUT2D eigenvalue weighted by Gasteiger charge is -2.06. The average molecular weight is 290 g/mol. The van der Waals surface area contributed by atoms with Crippen LogP contribution in [-0.2, 0) is 19.6 Å². The molecular weight excluding hydrogens is 272 g/mol. The number of carbonyl (C=O) groups is 2. The van der Waals surface area contributed by atoms with E-state index in [0.29, 0.717) is 0 Å². The van der Waals surface area contributed by atoms with Gasteiger partial charge in [0.2, 0.25) is 0 Å². The number of hydrogen-bond acceptors (Lipinski definition) is 5. The quantitative estimate of drug-likeness (QED) is 0.633. The number of sulfonamides is 1. The van der Waals surface area contributed by atoms with E-state index in [1.807, 2.05) is 0 Å². The normalized spacial score (nSPS) is 18.8. The number of carbonyl (C=O) groups excluding carboxylic acids is 1. The molecule has 3 N–H and O–H groups in total. The SMILES string of the molecule is N[C@@H](CC=NS(=O)(=O)CC(=O)C1CCCC1)C(=O)O. The molecule has 1 rings (SSSR count). The van der Waals surface area contributed by atoms with Crippen molar-refractivity contribution in [2.45, 2.75) is 38.1 Å². The summed E-state index contributed by atoms with van der Waals surface area (Å²) in [6, 6.07) is -1.19. The highest BCUT2D eigenvalue weighted by atomic mass is 32.2. The summed E-state index contributed by atoms with van der Waals surface area (Å²) in [6.07, 6.45) is 4.13. The van der Waals surface area contributed by atoms with Crippen LogP contribution in [-0.4, -0.2) is 43.3 Å². The van der Waals surface area contributed by atoms with E-state index >= 15 is 0 Å². The molecule has 0 aromatic heterocycles. The first kappa shape index (κ1) is 15.8. The molecule has 0 bridgehead atoms. The van der Waals surface area contributed by atoms with Crippen LogP contribution in [0.15, 0.2) is 4.40 Å². The van der Waals surface area contributed by atoms with Gasteiger partial charge in [-0.1, -0.05) is 12.8 Å².